The van der Waals surface area contributed by atoms with Crippen LogP contribution in [0, 0.1) is 0 Å². The van der Waals surface area contributed by atoms with Crippen molar-refractivity contribution in [3.05, 3.63) is 0 Å². The number of rotatable bonds is 4. The first-order valence-electron chi connectivity index (χ1n) is 6.59. The molecule has 3 nitrogen and oxygen atoms in total. The van der Waals surface area contributed by atoms with Crippen LogP contribution in [0.15, 0.2) is 0 Å². The average Bonchev–Trinajstić information content (AvgIpc) is 2.59. The highest BCUT2D eigenvalue weighted by Crippen LogP contribution is 2.26. The van der Waals surface area contributed by atoms with E-state index in [-0.39, 0.29) is 11.9 Å². The predicted molar refractivity (Wildman–Crippen MR) is 67.4 cm³/mol. The highest BCUT2D eigenvalue weighted by molar-refractivity contribution is 5.81. The van der Waals surface area contributed by atoms with Crippen molar-refractivity contribution in [2.45, 2.75) is 65.6 Å². The Morgan fingerprint density at radius 2 is 1.69 bits per heavy atom. The van der Waals surface area contributed by atoms with Crippen molar-refractivity contribution < 1.29 is 4.79 Å². The quantitative estimate of drug-likeness (QED) is 0.733. The largest absolute Gasteiger partial charge is 0.342 e. The van der Waals surface area contributed by atoms with Crippen molar-refractivity contribution in [3.63, 3.8) is 0 Å². The lowest BCUT2D eigenvalue weighted by Crippen LogP contribution is -2.50. The van der Waals surface area contributed by atoms with Crippen LogP contribution in [-0.4, -0.2) is 46.9 Å². The number of likely N-dealkylation sites (N-methyl/N-ethyl adjacent to an activating group) is 1. The maximum Gasteiger partial charge on any atom is 0.239 e. The second-order valence-corrected chi connectivity index (χ2v) is 4.91. The van der Waals surface area contributed by atoms with Gasteiger partial charge in [-0.2, -0.15) is 0 Å². The van der Waals surface area contributed by atoms with Crippen LogP contribution in [0.25, 0.3) is 0 Å². The standard InChI is InChI=1S/C13H26N2O/c1-6-14(7-2)13(16)12(5)15-10(3)8-9-11(15)4/h10-12H,6-9H2,1-5H3. The van der Waals surface area contributed by atoms with Gasteiger partial charge in [0.25, 0.3) is 0 Å². The Bertz CT molecular complexity index is 228. The van der Waals surface area contributed by atoms with E-state index < -0.39 is 0 Å². The number of hydrogen-bond acceptors (Lipinski definition) is 2. The Balaban J connectivity index is 2.69. The molecule has 3 unspecified atom stereocenters. The van der Waals surface area contributed by atoms with Gasteiger partial charge >= 0.3 is 0 Å². The summed E-state index contributed by atoms with van der Waals surface area (Å²) in [5, 5.41) is 0. The zero-order valence-corrected chi connectivity index (χ0v) is 11.4. The Kier molecular flexibility index (Phi) is 4.78. The van der Waals surface area contributed by atoms with Gasteiger partial charge in [-0.15, -0.1) is 0 Å². The monoisotopic (exact) mass is 226 g/mol. The summed E-state index contributed by atoms with van der Waals surface area (Å²) < 4.78 is 0. The van der Waals surface area contributed by atoms with E-state index in [2.05, 4.69) is 25.7 Å². The molecule has 1 heterocycles. The highest BCUT2D eigenvalue weighted by Gasteiger charge is 2.35. The molecule has 1 fully saturated rings. The Hall–Kier alpha value is -0.570. The number of nitrogens with zero attached hydrogens (tertiary/aromatic N) is 2. The first-order chi connectivity index (χ1) is 7.52. The van der Waals surface area contributed by atoms with Gasteiger partial charge in [-0.25, -0.2) is 0 Å². The van der Waals surface area contributed by atoms with Crippen LogP contribution in [0.2, 0.25) is 0 Å². The molecular weight excluding hydrogens is 200 g/mol. The molecule has 1 amide bonds. The minimum Gasteiger partial charge on any atom is -0.342 e. The van der Waals surface area contributed by atoms with Crippen LogP contribution >= 0.6 is 0 Å². The molecule has 0 aromatic rings. The summed E-state index contributed by atoms with van der Waals surface area (Å²) in [4.78, 5) is 16.6. The van der Waals surface area contributed by atoms with Gasteiger partial charge in [0.2, 0.25) is 5.91 Å². The van der Waals surface area contributed by atoms with E-state index >= 15 is 0 Å². The molecule has 0 aliphatic carbocycles. The van der Waals surface area contributed by atoms with Crippen molar-refractivity contribution in [3.8, 4) is 0 Å². The third-order valence-corrected chi connectivity index (χ3v) is 3.90. The van der Waals surface area contributed by atoms with Gasteiger partial charge < -0.3 is 4.90 Å². The SMILES string of the molecule is CCN(CC)C(=O)C(C)N1C(C)CCC1C. The van der Waals surface area contributed by atoms with Crippen molar-refractivity contribution in [2.75, 3.05) is 13.1 Å². The molecule has 16 heavy (non-hydrogen) atoms. The number of carbonyl (C=O) groups is 1. The Morgan fingerprint density at radius 1 is 1.25 bits per heavy atom. The lowest BCUT2D eigenvalue weighted by Gasteiger charge is -2.34. The lowest BCUT2D eigenvalue weighted by atomic mass is 10.2. The third kappa shape index (κ3) is 2.57. The maximum atomic E-state index is 12.3. The topological polar surface area (TPSA) is 23.6 Å². The summed E-state index contributed by atoms with van der Waals surface area (Å²) in [7, 11) is 0. The summed E-state index contributed by atoms with van der Waals surface area (Å²) in [6.07, 6.45) is 2.44. The molecule has 3 heteroatoms. The molecule has 94 valence electrons. The summed E-state index contributed by atoms with van der Waals surface area (Å²) in [6.45, 7) is 12.2. The maximum absolute atomic E-state index is 12.3. The zero-order chi connectivity index (χ0) is 12.3. The molecule has 0 bridgehead atoms. The van der Waals surface area contributed by atoms with E-state index in [0.717, 1.165) is 13.1 Å². The van der Waals surface area contributed by atoms with E-state index in [1.165, 1.54) is 12.8 Å². The summed E-state index contributed by atoms with van der Waals surface area (Å²) in [5.74, 6) is 0.283. The molecule has 1 aliphatic heterocycles. The fourth-order valence-electron chi connectivity index (χ4n) is 2.91. The highest BCUT2D eigenvalue weighted by atomic mass is 16.2. The zero-order valence-electron chi connectivity index (χ0n) is 11.4. The molecule has 0 spiro atoms. The third-order valence-electron chi connectivity index (χ3n) is 3.90. The van der Waals surface area contributed by atoms with Gasteiger partial charge in [0, 0.05) is 25.2 Å². The van der Waals surface area contributed by atoms with Gasteiger partial charge in [-0.3, -0.25) is 9.69 Å². The van der Waals surface area contributed by atoms with Crippen molar-refractivity contribution in [2.24, 2.45) is 0 Å². The van der Waals surface area contributed by atoms with Crippen molar-refractivity contribution in [1.29, 1.82) is 0 Å². The van der Waals surface area contributed by atoms with E-state index in [9.17, 15) is 4.79 Å². The van der Waals surface area contributed by atoms with Crippen molar-refractivity contribution >= 4 is 5.91 Å². The smallest absolute Gasteiger partial charge is 0.239 e. The minimum atomic E-state index is 0.0346. The van der Waals surface area contributed by atoms with Crippen LogP contribution in [0.4, 0.5) is 0 Å². The second-order valence-electron chi connectivity index (χ2n) is 4.91. The second kappa shape index (κ2) is 5.67. The van der Waals surface area contributed by atoms with Crippen LogP contribution in [0.5, 0.6) is 0 Å². The summed E-state index contributed by atoms with van der Waals surface area (Å²) in [5.41, 5.74) is 0. The molecule has 0 radical (unpaired) electrons. The normalized spacial score (nSPS) is 28.1. The fraction of sp³-hybridized carbons (Fsp3) is 0.923. The first kappa shape index (κ1) is 13.5. The number of likely N-dealkylation sites (tertiary alicyclic amines) is 1. The first-order valence-corrected chi connectivity index (χ1v) is 6.59. The molecule has 1 saturated heterocycles. The van der Waals surface area contributed by atoms with Gasteiger partial charge in [0.15, 0.2) is 0 Å². The lowest BCUT2D eigenvalue weighted by molar-refractivity contribution is -0.137. The Labute approximate surface area is 99.8 Å². The van der Waals surface area contributed by atoms with Crippen LogP contribution in [0.1, 0.15) is 47.5 Å². The molecular formula is C13H26N2O. The van der Waals surface area contributed by atoms with E-state index in [1.54, 1.807) is 0 Å². The minimum absolute atomic E-state index is 0.0346. The average molecular weight is 226 g/mol. The van der Waals surface area contributed by atoms with E-state index in [4.69, 9.17) is 0 Å². The molecule has 0 aromatic carbocycles. The Morgan fingerprint density at radius 3 is 2.06 bits per heavy atom. The van der Waals surface area contributed by atoms with Gasteiger partial charge in [0.05, 0.1) is 6.04 Å². The summed E-state index contributed by atoms with van der Waals surface area (Å²) >= 11 is 0. The molecule has 0 saturated carbocycles. The molecule has 3 atom stereocenters. The van der Waals surface area contributed by atoms with Crippen LogP contribution in [-0.2, 0) is 4.79 Å². The van der Waals surface area contributed by atoms with Crippen LogP contribution in [0.3, 0.4) is 0 Å². The predicted octanol–water partition coefficient (Wildman–Crippen LogP) is 2.12. The number of hydrogen-bond donors (Lipinski definition) is 0. The molecule has 1 rings (SSSR count). The fourth-order valence-corrected chi connectivity index (χ4v) is 2.91. The van der Waals surface area contributed by atoms with E-state index in [1.807, 2.05) is 18.7 Å². The van der Waals surface area contributed by atoms with Crippen molar-refractivity contribution in [1.82, 2.24) is 9.80 Å². The summed E-state index contributed by atoms with van der Waals surface area (Å²) in [6, 6.07) is 1.13. The molecule has 1 aliphatic rings. The van der Waals surface area contributed by atoms with Gasteiger partial charge in [-0.1, -0.05) is 0 Å². The van der Waals surface area contributed by atoms with E-state index in [0.29, 0.717) is 12.1 Å². The number of carbonyl (C=O) groups excluding carboxylic acids is 1. The van der Waals surface area contributed by atoms with Gasteiger partial charge in [0.1, 0.15) is 0 Å². The van der Waals surface area contributed by atoms with Gasteiger partial charge in [-0.05, 0) is 47.5 Å². The molecule has 0 N–H and O–H groups in total. The molecule has 0 aromatic heterocycles. The number of amides is 1. The van der Waals surface area contributed by atoms with Crippen LogP contribution < -0.4 is 0 Å².